The van der Waals surface area contributed by atoms with Crippen molar-refractivity contribution in [2.75, 3.05) is 19.8 Å². The van der Waals surface area contributed by atoms with Gasteiger partial charge in [-0.1, -0.05) is 42.5 Å². The van der Waals surface area contributed by atoms with Gasteiger partial charge < -0.3 is 14.8 Å². The summed E-state index contributed by atoms with van der Waals surface area (Å²) in [5.41, 5.74) is 2.24. The van der Waals surface area contributed by atoms with Crippen molar-refractivity contribution in [1.82, 2.24) is 5.32 Å². The van der Waals surface area contributed by atoms with Gasteiger partial charge in [0.2, 0.25) is 0 Å². The molecule has 1 N–H and O–H groups in total. The molecule has 0 unspecified atom stereocenters. The van der Waals surface area contributed by atoms with Crippen molar-refractivity contribution in [3.05, 3.63) is 71.8 Å². The zero-order valence-corrected chi connectivity index (χ0v) is 15.1. The van der Waals surface area contributed by atoms with Crippen LogP contribution in [0.1, 0.15) is 11.1 Å². The van der Waals surface area contributed by atoms with Crippen LogP contribution < -0.4 is 14.8 Å². The molecule has 0 heterocycles. The lowest BCUT2D eigenvalue weighted by molar-refractivity contribution is -0.123. The molecule has 1 amide bonds. The Hall–Kier alpha value is -3.01. The molecule has 0 aliphatic rings. The molecule has 4 nitrogen and oxygen atoms in total. The maximum absolute atomic E-state index is 11.9. The van der Waals surface area contributed by atoms with Crippen molar-refractivity contribution in [2.24, 2.45) is 0 Å². The number of carbonyl (C=O) groups is 1. The first-order valence-electron chi connectivity index (χ1n) is 8.70. The molecule has 0 aliphatic carbocycles. The minimum absolute atomic E-state index is 0.0121. The molecule has 0 radical (unpaired) electrons. The minimum Gasteiger partial charge on any atom is -0.491 e. The summed E-state index contributed by atoms with van der Waals surface area (Å²) in [5, 5.41) is 5.04. The number of amides is 1. The van der Waals surface area contributed by atoms with Gasteiger partial charge >= 0.3 is 0 Å². The molecular weight excluding hydrogens is 326 g/mol. The minimum atomic E-state index is -0.164. The SMILES string of the molecule is Cc1ccc(C)c(OCCNC(=O)COc2ccc3ccccc3c2)c1. The van der Waals surface area contributed by atoms with Crippen LogP contribution in [0.15, 0.2) is 60.7 Å². The molecule has 26 heavy (non-hydrogen) atoms. The lowest BCUT2D eigenvalue weighted by Crippen LogP contribution is -2.32. The quantitative estimate of drug-likeness (QED) is 0.655. The normalized spacial score (nSPS) is 10.5. The molecule has 3 aromatic rings. The first-order valence-corrected chi connectivity index (χ1v) is 8.70. The van der Waals surface area contributed by atoms with E-state index in [9.17, 15) is 4.79 Å². The lowest BCUT2D eigenvalue weighted by atomic mass is 10.1. The van der Waals surface area contributed by atoms with E-state index < -0.39 is 0 Å². The van der Waals surface area contributed by atoms with Crippen LogP contribution in [0, 0.1) is 13.8 Å². The number of hydrogen-bond donors (Lipinski definition) is 1. The third-order valence-electron chi connectivity index (χ3n) is 4.12. The topological polar surface area (TPSA) is 47.6 Å². The number of rotatable bonds is 7. The standard InChI is InChI=1S/C22H23NO3/c1-16-7-8-17(2)21(13-16)25-12-11-23-22(24)15-26-20-10-9-18-5-3-4-6-19(18)14-20/h3-10,13-14H,11-12,15H2,1-2H3,(H,23,24). The van der Waals surface area contributed by atoms with Crippen molar-refractivity contribution >= 4 is 16.7 Å². The predicted octanol–water partition coefficient (Wildman–Crippen LogP) is 4.03. The van der Waals surface area contributed by atoms with Crippen LogP contribution in [0.3, 0.4) is 0 Å². The Morgan fingerprint density at radius 2 is 1.73 bits per heavy atom. The monoisotopic (exact) mass is 349 g/mol. The highest BCUT2D eigenvalue weighted by molar-refractivity contribution is 5.84. The van der Waals surface area contributed by atoms with Gasteiger partial charge in [0, 0.05) is 0 Å². The highest BCUT2D eigenvalue weighted by Gasteiger charge is 2.04. The van der Waals surface area contributed by atoms with Crippen molar-refractivity contribution in [3.63, 3.8) is 0 Å². The summed E-state index contributed by atoms with van der Waals surface area (Å²) in [4.78, 5) is 11.9. The van der Waals surface area contributed by atoms with Crippen LogP contribution in [0.25, 0.3) is 10.8 Å². The number of benzene rings is 3. The van der Waals surface area contributed by atoms with Crippen LogP contribution in [0.2, 0.25) is 0 Å². The van der Waals surface area contributed by atoms with Crippen molar-refractivity contribution < 1.29 is 14.3 Å². The summed E-state index contributed by atoms with van der Waals surface area (Å²) in [7, 11) is 0. The molecule has 0 fully saturated rings. The number of aryl methyl sites for hydroxylation is 2. The van der Waals surface area contributed by atoms with Crippen LogP contribution in [-0.4, -0.2) is 25.7 Å². The van der Waals surface area contributed by atoms with Gasteiger partial charge in [-0.25, -0.2) is 0 Å². The zero-order chi connectivity index (χ0) is 18.4. The fourth-order valence-corrected chi connectivity index (χ4v) is 2.67. The van der Waals surface area contributed by atoms with E-state index in [4.69, 9.17) is 9.47 Å². The van der Waals surface area contributed by atoms with Gasteiger partial charge in [0.05, 0.1) is 6.54 Å². The van der Waals surface area contributed by atoms with Crippen LogP contribution in [0.4, 0.5) is 0 Å². The Bertz CT molecular complexity index is 905. The third kappa shape index (κ3) is 4.76. The van der Waals surface area contributed by atoms with Crippen molar-refractivity contribution in [2.45, 2.75) is 13.8 Å². The predicted molar refractivity (Wildman–Crippen MR) is 104 cm³/mol. The largest absolute Gasteiger partial charge is 0.491 e. The highest BCUT2D eigenvalue weighted by atomic mass is 16.5. The number of fused-ring (bicyclic) bond motifs is 1. The van der Waals surface area contributed by atoms with E-state index in [-0.39, 0.29) is 12.5 Å². The summed E-state index contributed by atoms with van der Waals surface area (Å²) >= 11 is 0. The van der Waals surface area contributed by atoms with Gasteiger partial charge in [0.1, 0.15) is 18.1 Å². The number of hydrogen-bond acceptors (Lipinski definition) is 3. The van der Waals surface area contributed by atoms with E-state index in [1.165, 1.54) is 0 Å². The summed E-state index contributed by atoms with van der Waals surface area (Å²) in [5.74, 6) is 1.37. The maximum Gasteiger partial charge on any atom is 0.258 e. The first-order chi connectivity index (χ1) is 12.6. The smallest absolute Gasteiger partial charge is 0.258 e. The Kier molecular flexibility index (Phi) is 5.74. The van der Waals surface area contributed by atoms with E-state index in [1.807, 2.05) is 74.5 Å². The average Bonchev–Trinajstić information content (AvgIpc) is 2.66. The summed E-state index contributed by atoms with van der Waals surface area (Å²) in [6.45, 7) is 4.88. The van der Waals surface area contributed by atoms with E-state index in [2.05, 4.69) is 5.32 Å². The molecule has 0 atom stereocenters. The van der Waals surface area contributed by atoms with Gasteiger partial charge in [-0.15, -0.1) is 0 Å². The van der Waals surface area contributed by atoms with E-state index in [1.54, 1.807) is 0 Å². The van der Waals surface area contributed by atoms with Crippen molar-refractivity contribution in [3.8, 4) is 11.5 Å². The van der Waals surface area contributed by atoms with E-state index in [0.717, 1.165) is 27.6 Å². The Balaban J connectivity index is 1.41. The molecular formula is C22H23NO3. The number of nitrogens with one attached hydrogen (secondary N) is 1. The molecule has 3 rings (SSSR count). The average molecular weight is 349 g/mol. The molecule has 134 valence electrons. The second kappa shape index (κ2) is 8.39. The van der Waals surface area contributed by atoms with Crippen LogP contribution >= 0.6 is 0 Å². The van der Waals surface area contributed by atoms with Gasteiger partial charge in [-0.2, -0.15) is 0 Å². The third-order valence-corrected chi connectivity index (χ3v) is 4.12. The molecule has 0 bridgehead atoms. The Labute approximate surface area is 153 Å². The Morgan fingerprint density at radius 1 is 0.923 bits per heavy atom. The fraction of sp³-hybridized carbons (Fsp3) is 0.227. The highest BCUT2D eigenvalue weighted by Crippen LogP contribution is 2.20. The Morgan fingerprint density at radius 3 is 2.58 bits per heavy atom. The summed E-state index contributed by atoms with van der Waals surface area (Å²) < 4.78 is 11.3. The molecule has 0 aromatic heterocycles. The van der Waals surface area contributed by atoms with Crippen molar-refractivity contribution in [1.29, 1.82) is 0 Å². The van der Waals surface area contributed by atoms with Crippen LogP contribution in [-0.2, 0) is 4.79 Å². The van der Waals surface area contributed by atoms with E-state index in [0.29, 0.717) is 18.9 Å². The molecule has 0 spiro atoms. The fourth-order valence-electron chi connectivity index (χ4n) is 2.67. The van der Waals surface area contributed by atoms with E-state index >= 15 is 0 Å². The molecule has 3 aromatic carbocycles. The first kappa shape index (κ1) is 17.8. The number of carbonyl (C=O) groups excluding carboxylic acids is 1. The molecule has 4 heteroatoms. The molecule has 0 saturated carbocycles. The second-order valence-corrected chi connectivity index (χ2v) is 6.26. The van der Waals surface area contributed by atoms with Gasteiger partial charge in [0.25, 0.3) is 5.91 Å². The van der Waals surface area contributed by atoms with Crippen LogP contribution in [0.5, 0.6) is 11.5 Å². The molecule has 0 aliphatic heterocycles. The second-order valence-electron chi connectivity index (χ2n) is 6.26. The molecule has 0 saturated heterocycles. The van der Waals surface area contributed by atoms with Gasteiger partial charge in [-0.05, 0) is 53.9 Å². The van der Waals surface area contributed by atoms with Gasteiger partial charge in [0.15, 0.2) is 6.61 Å². The zero-order valence-electron chi connectivity index (χ0n) is 15.1. The summed E-state index contributed by atoms with van der Waals surface area (Å²) in [6.07, 6.45) is 0. The lowest BCUT2D eigenvalue weighted by Gasteiger charge is -2.11. The maximum atomic E-state index is 11.9. The van der Waals surface area contributed by atoms with Gasteiger partial charge in [-0.3, -0.25) is 4.79 Å². The summed E-state index contributed by atoms with van der Waals surface area (Å²) in [6, 6.07) is 19.9. The number of ether oxygens (including phenoxy) is 2.